The lowest BCUT2D eigenvalue weighted by Gasteiger charge is -2.36. The first-order valence-corrected chi connectivity index (χ1v) is 31.5. The zero-order valence-electron chi connectivity index (χ0n) is 46.4. The molecule has 1 aliphatic heterocycles. The first-order valence-electron chi connectivity index (χ1n) is 27.0. The third kappa shape index (κ3) is 14.2. The molecule has 0 radical (unpaired) electrons. The number of nitrogens with zero attached hydrogens (tertiary/aromatic N) is 8. The average molecular weight is 1250 g/mol. The summed E-state index contributed by atoms with van der Waals surface area (Å²) in [5, 5.41) is 37.2. The van der Waals surface area contributed by atoms with Crippen molar-refractivity contribution in [1.82, 2.24) is 37.4 Å². The zero-order valence-corrected chi connectivity index (χ0v) is 50.6. The average Bonchev–Trinajstić information content (AvgIpc) is 4.44. The summed E-state index contributed by atoms with van der Waals surface area (Å²) < 4.78 is 32.5. The highest BCUT2D eigenvalue weighted by atomic mass is 79.9. The lowest BCUT2D eigenvalue weighted by molar-refractivity contribution is 0.171. The molecule has 0 bridgehead atoms. The maximum Gasteiger partial charge on any atom is 0.332 e. The highest BCUT2D eigenvalue weighted by Gasteiger charge is 2.37. The summed E-state index contributed by atoms with van der Waals surface area (Å²) >= 11 is 7.05. The Labute approximate surface area is 479 Å². The lowest BCUT2D eigenvalue weighted by Crippen LogP contribution is -2.43. The van der Waals surface area contributed by atoms with E-state index in [9.17, 15) is 34.5 Å². The van der Waals surface area contributed by atoms with Gasteiger partial charge in [0.15, 0.2) is 30.6 Å². The number of ether oxygens (including phenoxy) is 3. The third-order valence-corrected chi connectivity index (χ3v) is 21.1. The standard InChI is InChI=1S/C28H42BrN5O5Si.C22H28BrN5O5.C4H8O.CH4/c1-8-32-25(36)23-24(33(27(32)37)14-15-39-40(6,7)28(2,3)4)31-26(30-20-10-9-11-21(20)35)34(23)17-18-12-13-22(38-5)19(29)16-18;1-3-26-20(31)18-19(27(9-10-29)22(26)32)25-21(24-15-5-4-6-16(15)30)28(18)12-13-7-8-17(33-2)14(23)11-13;1-2-4-5-3-1;/h12-13,16,20-21,35H,8-11,14-15,17H2,1-7H3,(H,30,31);7-8,11,15-16,29-30H,3-6,9-10,12H2,1-2H3,(H,24,25);1-4H2;1H4/t20-,21-;15-,16-;;/m11../s1. The molecule has 2 aromatic carbocycles. The number of aliphatic hydroxyl groups is 3. The molecular formula is C55H82Br2N10O11Si. The number of hydrogen-bond acceptors (Lipinski definition) is 15. The number of nitrogens with one attached hydrogen (secondary N) is 2. The van der Waals surface area contributed by atoms with E-state index in [0.29, 0.717) is 67.1 Å². The summed E-state index contributed by atoms with van der Waals surface area (Å²) in [6.45, 7) is 17.9. The molecule has 0 unspecified atom stereocenters. The van der Waals surface area contributed by atoms with E-state index in [4.69, 9.17) is 23.6 Å². The van der Waals surface area contributed by atoms with Crippen LogP contribution in [0.5, 0.6) is 11.5 Å². The van der Waals surface area contributed by atoms with Crippen molar-refractivity contribution in [2.75, 3.05) is 51.3 Å². The molecule has 5 N–H and O–H groups in total. The number of hydrogen-bond donors (Lipinski definition) is 5. The van der Waals surface area contributed by atoms with Gasteiger partial charge in [-0.05, 0) is 151 Å². The minimum Gasteiger partial charge on any atom is -0.496 e. The van der Waals surface area contributed by atoms with Gasteiger partial charge in [0.1, 0.15) is 11.5 Å². The van der Waals surface area contributed by atoms with Crippen LogP contribution in [-0.4, -0.2) is 126 Å². The van der Waals surface area contributed by atoms with Crippen molar-refractivity contribution >= 4 is 74.4 Å². The monoisotopic (exact) mass is 1240 g/mol. The number of benzene rings is 2. The fraction of sp³-hybridized carbons (Fsp3) is 0.600. The summed E-state index contributed by atoms with van der Waals surface area (Å²) in [5.74, 6) is 2.25. The van der Waals surface area contributed by atoms with E-state index in [1.54, 1.807) is 37.2 Å². The minimum atomic E-state index is -2.04. The van der Waals surface area contributed by atoms with Crippen LogP contribution in [0.2, 0.25) is 18.1 Å². The molecule has 2 aliphatic carbocycles. The molecule has 6 aromatic rings. The molecule has 5 heterocycles. The second-order valence-corrected chi connectivity index (χ2v) is 28.0. The van der Waals surface area contributed by atoms with E-state index < -0.39 is 37.5 Å². The third-order valence-electron chi connectivity index (χ3n) is 15.3. The van der Waals surface area contributed by atoms with E-state index in [0.717, 1.165) is 63.5 Å². The van der Waals surface area contributed by atoms with Crippen molar-refractivity contribution in [2.24, 2.45) is 0 Å². The van der Waals surface area contributed by atoms with E-state index >= 15 is 0 Å². The van der Waals surface area contributed by atoms with Crippen molar-refractivity contribution in [3.05, 3.63) is 98.1 Å². The summed E-state index contributed by atoms with van der Waals surface area (Å²) in [6.07, 6.45) is 6.32. The van der Waals surface area contributed by atoms with Crippen LogP contribution in [0.3, 0.4) is 0 Å². The van der Waals surface area contributed by atoms with Crippen LogP contribution in [0.1, 0.15) is 105 Å². The molecule has 24 heteroatoms. The molecule has 436 valence electrons. The van der Waals surface area contributed by atoms with Gasteiger partial charge in [0.2, 0.25) is 11.9 Å². The van der Waals surface area contributed by atoms with Crippen LogP contribution >= 0.6 is 31.9 Å². The molecule has 1 saturated heterocycles. The van der Waals surface area contributed by atoms with Crippen LogP contribution < -0.4 is 42.6 Å². The van der Waals surface area contributed by atoms with Crippen molar-refractivity contribution in [1.29, 1.82) is 0 Å². The Morgan fingerprint density at radius 3 is 1.43 bits per heavy atom. The quantitative estimate of drug-likeness (QED) is 0.0523. The first kappa shape index (κ1) is 63.1. The van der Waals surface area contributed by atoms with Gasteiger partial charge in [-0.3, -0.25) is 37.0 Å². The number of halogens is 2. The Morgan fingerprint density at radius 2 is 1.10 bits per heavy atom. The zero-order chi connectivity index (χ0) is 56.6. The second kappa shape index (κ2) is 27.6. The Kier molecular flexibility index (Phi) is 22.0. The molecule has 0 amide bonds. The molecule has 9 rings (SSSR count). The summed E-state index contributed by atoms with van der Waals surface area (Å²) in [6, 6.07) is 11.0. The smallest absolute Gasteiger partial charge is 0.332 e. The summed E-state index contributed by atoms with van der Waals surface area (Å²) in [4.78, 5) is 63.0. The second-order valence-electron chi connectivity index (χ2n) is 21.4. The normalized spacial score (nSPS) is 18.3. The van der Waals surface area contributed by atoms with Gasteiger partial charge in [-0.1, -0.05) is 40.3 Å². The minimum absolute atomic E-state index is 0. The van der Waals surface area contributed by atoms with E-state index in [1.807, 2.05) is 41.0 Å². The molecule has 4 aromatic heterocycles. The van der Waals surface area contributed by atoms with Gasteiger partial charge >= 0.3 is 11.4 Å². The first-order chi connectivity index (χ1) is 37.2. The fourth-order valence-electron chi connectivity index (χ4n) is 9.82. The van der Waals surface area contributed by atoms with Crippen molar-refractivity contribution < 1.29 is 34.0 Å². The maximum atomic E-state index is 13.7. The molecule has 21 nitrogen and oxygen atoms in total. The lowest BCUT2D eigenvalue weighted by atomic mass is 10.2. The Hall–Kier alpha value is -5.08. The topological polar surface area (TPSA) is 245 Å². The summed E-state index contributed by atoms with van der Waals surface area (Å²) in [7, 11) is 1.16. The summed E-state index contributed by atoms with van der Waals surface area (Å²) in [5.41, 5.74) is 1.23. The van der Waals surface area contributed by atoms with Crippen molar-refractivity contribution in [3.8, 4) is 11.5 Å². The molecule has 3 fully saturated rings. The van der Waals surface area contributed by atoms with Gasteiger partial charge in [-0.25, -0.2) is 9.59 Å². The Balaban J connectivity index is 0.000000234. The molecular weight excluding hydrogens is 1160 g/mol. The van der Waals surface area contributed by atoms with Crippen molar-refractivity contribution in [3.63, 3.8) is 0 Å². The molecule has 3 aliphatic rings. The molecule has 4 atom stereocenters. The highest BCUT2D eigenvalue weighted by molar-refractivity contribution is 9.11. The van der Waals surface area contributed by atoms with Crippen LogP contribution in [0.15, 0.2) is 64.5 Å². The van der Waals surface area contributed by atoms with Gasteiger partial charge < -0.3 is 44.6 Å². The van der Waals surface area contributed by atoms with Gasteiger partial charge in [-0.2, -0.15) is 9.97 Å². The van der Waals surface area contributed by atoms with E-state index in [-0.39, 0.29) is 74.1 Å². The predicted octanol–water partition coefficient (Wildman–Crippen LogP) is 7.50. The number of aromatic nitrogens is 8. The molecule has 0 spiro atoms. The van der Waals surface area contributed by atoms with Crippen molar-refractivity contribution in [2.45, 2.75) is 175 Å². The van der Waals surface area contributed by atoms with Gasteiger partial charge in [0, 0.05) is 26.3 Å². The predicted molar refractivity (Wildman–Crippen MR) is 319 cm³/mol. The van der Waals surface area contributed by atoms with Gasteiger partial charge in [0.05, 0.1) is 86.8 Å². The number of fused-ring (bicyclic) bond motifs is 2. The number of imidazole rings is 2. The number of methoxy groups -OCH3 is 2. The number of rotatable bonds is 18. The maximum absolute atomic E-state index is 13.7. The van der Waals surface area contributed by atoms with Crippen LogP contribution in [0.4, 0.5) is 11.9 Å². The van der Waals surface area contributed by atoms with Crippen LogP contribution in [0, 0.1) is 0 Å². The molecule has 2 saturated carbocycles. The van der Waals surface area contributed by atoms with Gasteiger partial charge in [0.25, 0.3) is 11.1 Å². The SMILES string of the molecule is C.C1CCOC1.CCn1c(=O)c2c(nc(N[C@@H]3CCC[C@H]3O)n2Cc2ccc(OC)c(Br)c2)n(CCO)c1=O.CCn1c(=O)c2c(nc(N[C@@H]3CCC[C@H]3O)n2Cc2ccc(OC)c(Br)c2)n(CCO[Si](C)(C)C(C)(C)C)c1=O. The van der Waals surface area contributed by atoms with E-state index in [1.165, 1.54) is 22.0 Å². The largest absolute Gasteiger partial charge is 0.496 e. The van der Waals surface area contributed by atoms with E-state index in [2.05, 4.69) is 81.3 Å². The Bertz CT molecular complexity index is 3280. The van der Waals surface area contributed by atoms with Gasteiger partial charge in [-0.15, -0.1) is 0 Å². The van der Waals surface area contributed by atoms with Crippen LogP contribution in [-0.2, 0) is 48.4 Å². The van der Waals surface area contributed by atoms with Crippen LogP contribution in [0.25, 0.3) is 22.3 Å². The fourth-order valence-corrected chi connectivity index (χ4v) is 12.0. The number of aliphatic hydroxyl groups excluding tert-OH is 3. The number of anilines is 2. The Morgan fingerprint density at radius 1 is 0.671 bits per heavy atom. The highest BCUT2D eigenvalue weighted by Crippen LogP contribution is 2.37. The molecule has 79 heavy (non-hydrogen) atoms.